The summed E-state index contributed by atoms with van der Waals surface area (Å²) in [6.07, 6.45) is 8.29. The molecular formula is C96H75N11O9S+4. The molecule has 4 aliphatic heterocycles. The third-order valence-electron chi connectivity index (χ3n) is 22.1. The quantitative estimate of drug-likeness (QED) is 0.0354. The number of Topliss-reactive ketones (excluding diaryl/α,β-unsaturated/α-hetero) is 4. The monoisotopic (exact) mass is 1560 g/mol. The van der Waals surface area contributed by atoms with E-state index in [9.17, 15) is 38.4 Å². The summed E-state index contributed by atoms with van der Waals surface area (Å²) in [5, 5.41) is 14.5. The van der Waals surface area contributed by atoms with Crippen LogP contribution in [0.1, 0.15) is 107 Å². The van der Waals surface area contributed by atoms with Crippen molar-refractivity contribution in [2.45, 2.75) is 17.7 Å². The van der Waals surface area contributed by atoms with Gasteiger partial charge in [0.1, 0.15) is 28.2 Å². The molecule has 0 spiro atoms. The van der Waals surface area contributed by atoms with Gasteiger partial charge in [0.2, 0.25) is 39.0 Å². The molecule has 0 unspecified atom stereocenters. The Morgan fingerprint density at radius 2 is 0.735 bits per heavy atom. The number of anilines is 5. The van der Waals surface area contributed by atoms with Gasteiger partial charge in [-0.1, -0.05) is 109 Å². The molecule has 8 N–H and O–H groups in total. The van der Waals surface area contributed by atoms with E-state index in [1.54, 1.807) is 24.3 Å². The molecule has 20 nitrogen and oxygen atoms in total. The maximum atomic E-state index is 12.0. The number of aromatic nitrogens is 4. The smallest absolute Gasteiger partial charge is 0.258 e. The van der Waals surface area contributed by atoms with Crippen LogP contribution in [0.5, 0.6) is 5.75 Å². The van der Waals surface area contributed by atoms with Gasteiger partial charge in [-0.15, -0.1) is 0 Å². The first kappa shape index (κ1) is 74.6. The van der Waals surface area contributed by atoms with E-state index in [1.807, 2.05) is 105 Å². The van der Waals surface area contributed by atoms with E-state index >= 15 is 0 Å². The van der Waals surface area contributed by atoms with Crippen LogP contribution in [-0.2, 0) is 28.2 Å². The van der Waals surface area contributed by atoms with Gasteiger partial charge in [0.25, 0.3) is 23.6 Å². The average molecular weight is 1560 g/mol. The van der Waals surface area contributed by atoms with Crippen LogP contribution in [-0.4, -0.2) is 60.9 Å². The largest absolute Gasteiger partial charge is 0.439 e. The first-order chi connectivity index (χ1) is 56.6. The fourth-order valence-corrected chi connectivity index (χ4v) is 17.2. The van der Waals surface area contributed by atoms with Crippen LogP contribution < -0.4 is 60.6 Å². The molecule has 8 heterocycles. The normalized spacial score (nSPS) is 14.6. The van der Waals surface area contributed by atoms with E-state index in [4.69, 9.17) is 21.9 Å². The zero-order valence-corrected chi connectivity index (χ0v) is 65.2. The summed E-state index contributed by atoms with van der Waals surface area (Å²) in [6, 6.07) is 80.7. The highest BCUT2D eigenvalue weighted by molar-refractivity contribution is 8.03. The highest BCUT2D eigenvalue weighted by Crippen LogP contribution is 2.46. The van der Waals surface area contributed by atoms with E-state index in [0.717, 1.165) is 61.8 Å². The number of amides is 4. The Labute approximate surface area is 674 Å². The SMILES string of the molecule is CN1C(=Cc2cc[n+](C)c3ccccc23)Oc2ccccc21.CN1C(=Cc2cc[n+](C)c3ccccc23)Sc2ccccc21.C[n+]1c2cc(N)ccc2cc2ccc(N)cc21.C[n+]1c2ccccc2c(N)c2ccccc21.O=C1CC(=O)c2ccc3c4c(ccc1c24)C(=O)CC3=O.O=C1NC(=O)c2ccc3c4c(ccc1c24)C(=O)NC3=O. The highest BCUT2D eigenvalue weighted by Gasteiger charge is 2.36. The number of ketones is 4. The maximum Gasteiger partial charge on any atom is 0.258 e. The number of nitrogens with zero attached hydrogens (tertiary/aromatic N) is 6. The van der Waals surface area contributed by atoms with Crippen molar-refractivity contribution >= 4 is 186 Å². The van der Waals surface area contributed by atoms with Gasteiger partial charge in [-0.05, 0) is 120 Å². The minimum absolute atomic E-state index is 0.150. The number of carbonyl (C=O) groups excluding carboxylic acids is 8. The van der Waals surface area contributed by atoms with E-state index in [2.05, 4.69) is 213 Å². The number of hydrogen-bond acceptors (Lipinski definition) is 15. The number of pyridine rings is 4. The Morgan fingerprint density at radius 1 is 0.368 bits per heavy atom. The number of para-hydroxylation sites is 7. The lowest BCUT2D eigenvalue weighted by Crippen LogP contribution is -2.38. The molecule has 0 saturated carbocycles. The molecular weight excluding hydrogens is 1480 g/mol. The second-order valence-electron chi connectivity index (χ2n) is 29.1. The van der Waals surface area contributed by atoms with E-state index < -0.39 is 23.6 Å². The molecule has 0 fully saturated rings. The topological polar surface area (TPSA) is 270 Å². The van der Waals surface area contributed by atoms with Gasteiger partial charge < -0.3 is 31.7 Å². The van der Waals surface area contributed by atoms with Gasteiger partial charge in [-0.25, -0.2) is 9.13 Å². The van der Waals surface area contributed by atoms with Crippen LogP contribution in [0.15, 0.2) is 277 Å². The molecule has 0 radical (unpaired) electrons. The standard InChI is InChI=1S/C19H17N2O.C19H17N2S.C16H8O4.C14H13N3.C14H6N2O4.C14H12N2/c2*1-20-12-11-14(15-7-3-4-8-16(15)20)13-19-21(2)17-9-5-6-10-18(17)22-19;17-11-5-13(19)9-3-4-10-14(20)6-12(18)8-2-1-7(11)15(9)16(8)10;1-17-13-7-11(15)4-2-9(13)6-10-3-5-12(16)8-14(10)17;17-11-5-1-2-6-10-8(14(20)16-12(6)18)4-3-7(9(5)10)13(19)15-11;1-16-12-8-4-2-6-10(12)14(15)11-7-3-5-9-13(11)16/h2*3-13H,1-2H3;1-4H,5-6H2;2-8H,1H3,(H3,15,16);1-4H,(H,15,17,19)(H,16,18,20);2-9,15H,1H3/q2*+1;;;;/p+2. The third kappa shape index (κ3) is 13.5. The summed E-state index contributed by atoms with van der Waals surface area (Å²) in [5.74, 6) is -1.35. The van der Waals surface area contributed by atoms with E-state index in [0.29, 0.717) is 66.1 Å². The van der Waals surface area contributed by atoms with E-state index in [-0.39, 0.29) is 36.0 Å². The summed E-state index contributed by atoms with van der Waals surface area (Å²) in [6.45, 7) is 0. The van der Waals surface area contributed by atoms with Crippen LogP contribution in [0.4, 0.5) is 28.4 Å². The number of carbonyl (C=O) groups is 8. The summed E-state index contributed by atoms with van der Waals surface area (Å²) in [7, 11) is 12.4. The summed E-state index contributed by atoms with van der Waals surface area (Å²) in [4.78, 5) is 101. The number of aryl methyl sites for hydroxylation is 4. The second kappa shape index (κ2) is 30.1. The first-order valence-corrected chi connectivity index (χ1v) is 38.5. The summed E-state index contributed by atoms with van der Waals surface area (Å²) in [5.41, 5.74) is 35.0. The summed E-state index contributed by atoms with van der Waals surface area (Å²) < 4.78 is 14.6. The van der Waals surface area contributed by atoms with Crippen molar-refractivity contribution in [1.82, 2.24) is 10.6 Å². The van der Waals surface area contributed by atoms with Gasteiger partial charge in [-0.2, -0.15) is 9.13 Å². The summed E-state index contributed by atoms with van der Waals surface area (Å²) >= 11 is 1.83. The fraction of sp³-hybridized carbons (Fsp3) is 0.0833. The lowest BCUT2D eigenvalue weighted by atomic mass is 9.79. The lowest BCUT2D eigenvalue weighted by molar-refractivity contribution is -0.645. The third-order valence-corrected chi connectivity index (χ3v) is 23.3. The highest BCUT2D eigenvalue weighted by atomic mass is 32.2. The number of thioether (sulfide) groups is 1. The van der Waals surface area contributed by atoms with Crippen molar-refractivity contribution in [2.24, 2.45) is 28.2 Å². The molecule has 0 atom stereocenters. The van der Waals surface area contributed by atoms with Crippen LogP contribution in [0.2, 0.25) is 0 Å². The molecule has 0 saturated heterocycles. The number of hydrogen-bond donors (Lipinski definition) is 5. The molecule has 570 valence electrons. The lowest BCUT2D eigenvalue weighted by Gasteiger charge is -2.22. The molecule has 4 aromatic heterocycles. The predicted molar refractivity (Wildman–Crippen MR) is 459 cm³/mol. The Morgan fingerprint density at radius 3 is 1.18 bits per heavy atom. The van der Waals surface area contributed by atoms with Crippen molar-refractivity contribution in [2.75, 3.05) is 41.1 Å². The number of nitrogens with two attached hydrogens (primary N) is 3. The van der Waals surface area contributed by atoms with E-state index in [1.165, 1.54) is 89.1 Å². The molecule has 2 aliphatic carbocycles. The van der Waals surface area contributed by atoms with Crippen LogP contribution in [0, 0.1) is 0 Å². The number of rotatable bonds is 2. The minimum atomic E-state index is -0.523. The zero-order chi connectivity index (χ0) is 81.4. The zero-order valence-electron chi connectivity index (χ0n) is 64.4. The van der Waals surface area contributed by atoms with Crippen molar-refractivity contribution in [3.05, 3.63) is 328 Å². The van der Waals surface area contributed by atoms with Crippen LogP contribution >= 0.6 is 11.8 Å². The number of nitrogens with one attached hydrogen (secondary N) is 2. The fourth-order valence-electron chi connectivity index (χ4n) is 16.1. The molecule has 0 bridgehead atoms. The van der Waals surface area contributed by atoms with Gasteiger partial charge >= 0.3 is 0 Å². The van der Waals surface area contributed by atoms with Crippen molar-refractivity contribution in [3.8, 4) is 5.75 Å². The maximum absolute atomic E-state index is 12.0. The Kier molecular flexibility index (Phi) is 19.2. The molecule has 16 aromatic rings. The Hall–Kier alpha value is -15.1. The van der Waals surface area contributed by atoms with Gasteiger partial charge in [0.05, 0.1) is 56.5 Å². The molecule has 21 heteroatoms. The molecule has 12 aromatic carbocycles. The number of benzene rings is 12. The number of fused-ring (bicyclic) bond motifs is 8. The van der Waals surface area contributed by atoms with Gasteiger partial charge in [0.15, 0.2) is 41.3 Å². The van der Waals surface area contributed by atoms with Gasteiger partial charge in [0, 0.05) is 162 Å². The van der Waals surface area contributed by atoms with Crippen molar-refractivity contribution in [1.29, 1.82) is 0 Å². The second-order valence-corrected chi connectivity index (χ2v) is 30.2. The minimum Gasteiger partial charge on any atom is -0.439 e. The Bertz CT molecular complexity index is 6420. The van der Waals surface area contributed by atoms with Crippen LogP contribution in [0.25, 0.3) is 99.1 Å². The average Bonchev–Trinajstić information content (AvgIpc) is 1.44. The predicted octanol–water partition coefficient (Wildman–Crippen LogP) is 15.1. The number of ether oxygens (including phenoxy) is 1. The molecule has 4 amide bonds. The first-order valence-electron chi connectivity index (χ1n) is 37.7. The number of nitrogen functional groups attached to an aromatic ring is 3. The molecule has 22 rings (SSSR count). The van der Waals surface area contributed by atoms with Gasteiger partial charge in [-0.3, -0.25) is 49.0 Å². The van der Waals surface area contributed by atoms with Crippen molar-refractivity contribution in [3.63, 3.8) is 0 Å². The van der Waals surface area contributed by atoms with Crippen LogP contribution in [0.3, 0.4) is 0 Å². The van der Waals surface area contributed by atoms with Crippen molar-refractivity contribution < 1.29 is 61.4 Å². The number of imide groups is 2. The Balaban J connectivity index is 0.000000101. The molecule has 117 heavy (non-hydrogen) atoms. The molecule has 6 aliphatic rings.